The Bertz CT molecular complexity index is 1390. The van der Waals surface area contributed by atoms with Gasteiger partial charge in [0.15, 0.2) is 6.73 Å². The number of anilines is 2. The van der Waals surface area contributed by atoms with Crippen molar-refractivity contribution in [3.8, 4) is 16.9 Å². The average Bonchev–Trinajstić information content (AvgIpc) is 3.64. The van der Waals surface area contributed by atoms with Crippen molar-refractivity contribution >= 4 is 17.1 Å². The Morgan fingerprint density at radius 3 is 2.37 bits per heavy atom. The van der Waals surface area contributed by atoms with Crippen LogP contribution in [-0.2, 0) is 10.9 Å². The number of halogens is 3. The quantitative estimate of drug-likeness (QED) is 0.439. The lowest BCUT2D eigenvalue weighted by molar-refractivity contribution is -0.137. The molecule has 2 aliphatic rings. The summed E-state index contributed by atoms with van der Waals surface area (Å²) in [5.41, 5.74) is 1.62. The number of rotatable bonds is 5. The van der Waals surface area contributed by atoms with Crippen molar-refractivity contribution in [2.24, 2.45) is 0 Å². The highest BCUT2D eigenvalue weighted by molar-refractivity contribution is 5.71. The van der Waals surface area contributed by atoms with Gasteiger partial charge < -0.3 is 20.3 Å². The third-order valence-corrected chi connectivity index (χ3v) is 6.37. The summed E-state index contributed by atoms with van der Waals surface area (Å²) in [5, 5.41) is 10.2. The van der Waals surface area contributed by atoms with E-state index in [-0.39, 0.29) is 11.4 Å². The zero-order valence-electron chi connectivity index (χ0n) is 21.9. The monoisotopic (exact) mass is 527 g/mol. The van der Waals surface area contributed by atoms with E-state index in [0.29, 0.717) is 29.4 Å². The van der Waals surface area contributed by atoms with E-state index >= 15 is 0 Å². The minimum absolute atomic E-state index is 0.140. The van der Waals surface area contributed by atoms with Crippen LogP contribution in [0, 0.1) is 6.92 Å². The molecule has 0 saturated carbocycles. The van der Waals surface area contributed by atoms with Gasteiger partial charge in [-0.25, -0.2) is 0 Å². The van der Waals surface area contributed by atoms with Gasteiger partial charge in [0.1, 0.15) is 11.4 Å². The molecule has 0 unspecified atom stereocenters. The molecule has 202 valence electrons. The van der Waals surface area contributed by atoms with Gasteiger partial charge in [0.2, 0.25) is 0 Å². The highest BCUT2D eigenvalue weighted by Crippen LogP contribution is 2.36. The van der Waals surface area contributed by atoms with E-state index in [1.54, 1.807) is 19.3 Å². The Hall–Kier alpha value is -3.95. The zero-order chi connectivity index (χ0) is 27.4. The van der Waals surface area contributed by atoms with E-state index in [4.69, 9.17) is 4.74 Å². The SMILES string of the molecule is CC.CNc1cc(-c2cc(C)cc(C3=CNCO3)c2)nn(-c2cc(N3CCCC3)ccc2C(F)(F)F)c1=O. The third kappa shape index (κ3) is 5.49. The van der Waals surface area contributed by atoms with Crippen molar-refractivity contribution in [2.45, 2.75) is 39.8 Å². The van der Waals surface area contributed by atoms with E-state index in [1.807, 2.05) is 43.9 Å². The molecule has 3 heterocycles. The van der Waals surface area contributed by atoms with Crippen molar-refractivity contribution in [1.82, 2.24) is 15.1 Å². The Kier molecular flexibility index (Phi) is 7.99. The molecular weight excluding hydrogens is 495 g/mol. The van der Waals surface area contributed by atoms with Crippen LogP contribution in [-0.4, -0.2) is 36.6 Å². The van der Waals surface area contributed by atoms with Gasteiger partial charge in [-0.05, 0) is 67.8 Å². The lowest BCUT2D eigenvalue weighted by Crippen LogP contribution is -2.27. The number of hydrogen-bond acceptors (Lipinski definition) is 6. The summed E-state index contributed by atoms with van der Waals surface area (Å²) in [4.78, 5) is 15.3. The second-order valence-electron chi connectivity index (χ2n) is 8.89. The number of alkyl halides is 3. The Morgan fingerprint density at radius 2 is 1.74 bits per heavy atom. The number of ether oxygens (including phenoxy) is 1. The van der Waals surface area contributed by atoms with Crippen LogP contribution in [0.2, 0.25) is 0 Å². The van der Waals surface area contributed by atoms with Gasteiger partial charge in [-0.15, -0.1) is 0 Å². The fourth-order valence-corrected chi connectivity index (χ4v) is 4.62. The molecule has 2 aliphatic heterocycles. The van der Waals surface area contributed by atoms with Gasteiger partial charge in [0, 0.05) is 43.2 Å². The number of nitrogens with zero attached hydrogens (tertiary/aromatic N) is 3. The molecule has 1 fully saturated rings. The molecule has 0 bridgehead atoms. The molecule has 0 spiro atoms. The summed E-state index contributed by atoms with van der Waals surface area (Å²) in [5.74, 6) is 0.653. The topological polar surface area (TPSA) is 71.4 Å². The summed E-state index contributed by atoms with van der Waals surface area (Å²) < 4.78 is 48.6. The van der Waals surface area contributed by atoms with Crippen molar-refractivity contribution in [3.63, 3.8) is 0 Å². The van der Waals surface area contributed by atoms with Crippen molar-refractivity contribution in [2.75, 3.05) is 37.1 Å². The molecule has 2 N–H and O–H groups in total. The van der Waals surface area contributed by atoms with E-state index < -0.39 is 17.3 Å². The minimum atomic E-state index is -4.66. The van der Waals surface area contributed by atoms with Gasteiger partial charge >= 0.3 is 6.18 Å². The average molecular weight is 528 g/mol. The van der Waals surface area contributed by atoms with E-state index in [0.717, 1.165) is 47.8 Å². The summed E-state index contributed by atoms with van der Waals surface area (Å²) in [6.07, 6.45) is -0.963. The smallest absolute Gasteiger partial charge is 0.418 e. The lowest BCUT2D eigenvalue weighted by atomic mass is 10.0. The van der Waals surface area contributed by atoms with Crippen LogP contribution in [0.25, 0.3) is 22.7 Å². The standard InChI is InChI=1S/C26H26F3N5O2.C2H6/c1-16-9-17(11-18(10-16)24-14-31-15-36-24)21-13-22(30-2)25(35)34(32-21)23-12-19(33-7-3-4-8-33)5-6-20(23)26(27,28)29;1-2/h5-6,9-14,30-31H,3-4,7-8,15H2,1-2H3;1-2H3. The molecule has 38 heavy (non-hydrogen) atoms. The highest BCUT2D eigenvalue weighted by atomic mass is 19.4. The van der Waals surface area contributed by atoms with Crippen LogP contribution in [0.4, 0.5) is 24.5 Å². The fourth-order valence-electron chi connectivity index (χ4n) is 4.62. The number of hydrogen-bond donors (Lipinski definition) is 2. The molecule has 0 radical (unpaired) electrons. The second-order valence-corrected chi connectivity index (χ2v) is 8.89. The molecule has 0 aliphatic carbocycles. The van der Waals surface area contributed by atoms with Crippen LogP contribution >= 0.6 is 0 Å². The van der Waals surface area contributed by atoms with Crippen LogP contribution in [0.5, 0.6) is 0 Å². The van der Waals surface area contributed by atoms with Crippen LogP contribution in [0.1, 0.15) is 43.4 Å². The first kappa shape index (κ1) is 27.1. The van der Waals surface area contributed by atoms with Crippen molar-refractivity contribution in [3.05, 3.63) is 75.7 Å². The first-order chi connectivity index (χ1) is 18.2. The van der Waals surface area contributed by atoms with Crippen LogP contribution in [0.3, 0.4) is 0 Å². The fraction of sp³-hybridized carbons (Fsp3) is 0.357. The van der Waals surface area contributed by atoms with Gasteiger partial charge in [-0.3, -0.25) is 4.79 Å². The summed E-state index contributed by atoms with van der Waals surface area (Å²) in [7, 11) is 1.56. The molecule has 1 aromatic heterocycles. The maximum absolute atomic E-state index is 14.1. The third-order valence-electron chi connectivity index (χ3n) is 6.37. The molecule has 10 heteroatoms. The number of nitrogens with one attached hydrogen (secondary N) is 2. The summed E-state index contributed by atoms with van der Waals surface area (Å²) in [6.45, 7) is 7.78. The maximum atomic E-state index is 14.1. The van der Waals surface area contributed by atoms with Gasteiger partial charge in [-0.1, -0.05) is 13.8 Å². The van der Waals surface area contributed by atoms with E-state index in [1.165, 1.54) is 12.1 Å². The van der Waals surface area contributed by atoms with Crippen molar-refractivity contribution < 1.29 is 17.9 Å². The molecule has 1 saturated heterocycles. The molecule has 0 amide bonds. The largest absolute Gasteiger partial charge is 0.471 e. The highest BCUT2D eigenvalue weighted by Gasteiger charge is 2.35. The summed E-state index contributed by atoms with van der Waals surface area (Å²) >= 11 is 0. The minimum Gasteiger partial charge on any atom is -0.471 e. The normalized spacial score (nSPS) is 14.8. The number of aromatic nitrogens is 2. The molecule has 5 rings (SSSR count). The Balaban J connectivity index is 0.00000164. The number of aryl methyl sites for hydroxylation is 1. The first-order valence-electron chi connectivity index (χ1n) is 12.7. The lowest BCUT2D eigenvalue weighted by Gasteiger charge is -2.22. The van der Waals surface area contributed by atoms with Gasteiger partial charge in [-0.2, -0.15) is 23.0 Å². The predicted molar refractivity (Wildman–Crippen MR) is 144 cm³/mol. The molecular formula is C28H32F3N5O2. The number of benzene rings is 2. The van der Waals surface area contributed by atoms with E-state index in [9.17, 15) is 18.0 Å². The van der Waals surface area contributed by atoms with Gasteiger partial charge in [0.25, 0.3) is 5.56 Å². The van der Waals surface area contributed by atoms with Crippen LogP contribution in [0.15, 0.2) is 53.5 Å². The maximum Gasteiger partial charge on any atom is 0.418 e. The van der Waals surface area contributed by atoms with Crippen LogP contribution < -0.4 is 21.1 Å². The molecule has 7 nitrogen and oxygen atoms in total. The predicted octanol–water partition coefficient (Wildman–Crippen LogP) is 5.77. The van der Waals surface area contributed by atoms with Gasteiger partial charge in [0.05, 0.1) is 16.9 Å². The Labute approximate surface area is 219 Å². The first-order valence-corrected chi connectivity index (χ1v) is 12.7. The molecule has 2 aromatic carbocycles. The van der Waals surface area contributed by atoms with Crippen molar-refractivity contribution in [1.29, 1.82) is 0 Å². The zero-order valence-corrected chi connectivity index (χ0v) is 21.9. The van der Waals surface area contributed by atoms with E-state index in [2.05, 4.69) is 15.7 Å². The second kappa shape index (κ2) is 11.2. The Morgan fingerprint density at radius 1 is 1.03 bits per heavy atom. The molecule has 0 atom stereocenters. The molecule has 3 aromatic rings. The summed E-state index contributed by atoms with van der Waals surface area (Å²) in [6, 6.07) is 11.1.